The van der Waals surface area contributed by atoms with Gasteiger partial charge in [-0.1, -0.05) is 26.2 Å². The molecule has 0 aliphatic carbocycles. The highest BCUT2D eigenvalue weighted by atomic mass is 16.6. The highest BCUT2D eigenvalue weighted by Crippen LogP contribution is 2.02. The molecular formula is C7H15NO3. The SMILES string of the molecule is CCCCC[C@H](O)C[N+](=O)[O-]. The van der Waals surface area contributed by atoms with Crippen molar-refractivity contribution in [2.45, 2.75) is 38.7 Å². The Morgan fingerprint density at radius 2 is 2.18 bits per heavy atom. The average Bonchev–Trinajstić information content (AvgIpc) is 1.86. The maximum atomic E-state index is 9.89. The van der Waals surface area contributed by atoms with Crippen molar-refractivity contribution in [3.8, 4) is 0 Å². The minimum atomic E-state index is -0.753. The molecule has 0 aromatic heterocycles. The predicted molar refractivity (Wildman–Crippen MR) is 42.0 cm³/mol. The summed E-state index contributed by atoms with van der Waals surface area (Å²) in [4.78, 5) is 9.41. The molecular weight excluding hydrogens is 146 g/mol. The van der Waals surface area contributed by atoms with Gasteiger partial charge >= 0.3 is 0 Å². The first-order chi connectivity index (χ1) is 5.16. The molecule has 4 heteroatoms. The van der Waals surface area contributed by atoms with Gasteiger partial charge in [-0.15, -0.1) is 0 Å². The van der Waals surface area contributed by atoms with Gasteiger partial charge in [0.05, 0.1) is 0 Å². The standard InChI is InChI=1S/C7H15NO3/c1-2-3-4-5-7(9)6-8(10)11/h7,9H,2-6H2,1H3/t7-/m0/s1. The first-order valence-electron chi connectivity index (χ1n) is 3.96. The number of unbranched alkanes of at least 4 members (excludes halogenated alkanes) is 2. The molecule has 0 unspecified atom stereocenters. The first kappa shape index (κ1) is 10.4. The zero-order chi connectivity index (χ0) is 8.69. The monoisotopic (exact) mass is 161 g/mol. The van der Waals surface area contributed by atoms with Gasteiger partial charge in [0.2, 0.25) is 6.54 Å². The lowest BCUT2D eigenvalue weighted by atomic mass is 10.1. The van der Waals surface area contributed by atoms with Crippen LogP contribution in [0, 0.1) is 10.1 Å². The lowest BCUT2D eigenvalue weighted by molar-refractivity contribution is -0.490. The fourth-order valence-corrected chi connectivity index (χ4v) is 0.893. The Labute approximate surface area is 66.4 Å². The molecule has 0 amide bonds. The molecule has 4 nitrogen and oxygen atoms in total. The molecule has 0 saturated carbocycles. The van der Waals surface area contributed by atoms with Crippen LogP contribution in [0.3, 0.4) is 0 Å². The molecule has 11 heavy (non-hydrogen) atoms. The van der Waals surface area contributed by atoms with Crippen LogP contribution in [-0.2, 0) is 0 Å². The van der Waals surface area contributed by atoms with Crippen LogP contribution in [0.5, 0.6) is 0 Å². The van der Waals surface area contributed by atoms with Gasteiger partial charge in [0, 0.05) is 4.92 Å². The molecule has 0 fully saturated rings. The van der Waals surface area contributed by atoms with Crippen molar-refractivity contribution in [2.75, 3.05) is 6.54 Å². The molecule has 0 spiro atoms. The van der Waals surface area contributed by atoms with Crippen molar-refractivity contribution in [3.63, 3.8) is 0 Å². The van der Waals surface area contributed by atoms with Gasteiger partial charge in [0.15, 0.2) is 0 Å². The van der Waals surface area contributed by atoms with Crippen LogP contribution in [0.15, 0.2) is 0 Å². The lowest BCUT2D eigenvalue weighted by Gasteiger charge is -2.03. The van der Waals surface area contributed by atoms with Crippen molar-refractivity contribution in [1.82, 2.24) is 0 Å². The minimum absolute atomic E-state index is 0.316. The van der Waals surface area contributed by atoms with Crippen molar-refractivity contribution in [3.05, 3.63) is 10.1 Å². The summed E-state index contributed by atoms with van der Waals surface area (Å²) < 4.78 is 0. The fraction of sp³-hybridized carbons (Fsp3) is 1.00. The second-order valence-corrected chi connectivity index (χ2v) is 2.66. The third-order valence-electron chi connectivity index (χ3n) is 1.50. The fourth-order valence-electron chi connectivity index (χ4n) is 0.893. The molecule has 1 N–H and O–H groups in total. The molecule has 0 aromatic rings. The average molecular weight is 161 g/mol. The molecule has 1 atom stereocenters. The number of nitro groups is 1. The minimum Gasteiger partial charge on any atom is -0.386 e. The summed E-state index contributed by atoms with van der Waals surface area (Å²) in [6.45, 7) is 1.74. The topological polar surface area (TPSA) is 63.4 Å². The maximum Gasteiger partial charge on any atom is 0.229 e. The Hall–Kier alpha value is -0.640. The predicted octanol–water partition coefficient (Wildman–Crippen LogP) is 1.20. The molecule has 0 aromatic carbocycles. The molecule has 0 aliphatic rings. The van der Waals surface area contributed by atoms with Crippen LogP contribution in [0.25, 0.3) is 0 Å². The maximum absolute atomic E-state index is 9.89. The van der Waals surface area contributed by atoms with Gasteiger partial charge in [-0.05, 0) is 6.42 Å². The number of hydrogen-bond donors (Lipinski definition) is 1. The van der Waals surface area contributed by atoms with E-state index in [4.69, 9.17) is 5.11 Å². The van der Waals surface area contributed by atoms with E-state index in [1.807, 2.05) is 0 Å². The van der Waals surface area contributed by atoms with E-state index in [9.17, 15) is 10.1 Å². The molecule has 66 valence electrons. The third-order valence-corrected chi connectivity index (χ3v) is 1.50. The van der Waals surface area contributed by atoms with Crippen molar-refractivity contribution < 1.29 is 10.0 Å². The van der Waals surface area contributed by atoms with Crippen LogP contribution in [0.4, 0.5) is 0 Å². The number of nitrogens with zero attached hydrogens (tertiary/aromatic N) is 1. The molecule has 0 heterocycles. The van der Waals surface area contributed by atoms with Gasteiger partial charge in [0.1, 0.15) is 6.10 Å². The zero-order valence-electron chi connectivity index (χ0n) is 6.82. The molecule has 0 radical (unpaired) electrons. The highest BCUT2D eigenvalue weighted by Gasteiger charge is 2.09. The molecule has 0 aliphatic heterocycles. The zero-order valence-corrected chi connectivity index (χ0v) is 6.82. The second kappa shape index (κ2) is 6.09. The summed E-state index contributed by atoms with van der Waals surface area (Å²) in [6.07, 6.45) is 2.79. The Morgan fingerprint density at radius 3 is 2.64 bits per heavy atom. The van der Waals surface area contributed by atoms with Crippen LogP contribution in [0.2, 0.25) is 0 Å². The molecule has 0 saturated heterocycles. The van der Waals surface area contributed by atoms with E-state index in [0.29, 0.717) is 6.42 Å². The Kier molecular flexibility index (Phi) is 5.74. The summed E-state index contributed by atoms with van der Waals surface area (Å²) in [5, 5.41) is 18.9. The third kappa shape index (κ3) is 7.25. The van der Waals surface area contributed by atoms with Crippen molar-refractivity contribution >= 4 is 0 Å². The van der Waals surface area contributed by atoms with E-state index >= 15 is 0 Å². The summed E-state index contributed by atoms with van der Waals surface area (Å²) >= 11 is 0. The second-order valence-electron chi connectivity index (χ2n) is 2.66. The summed E-state index contributed by atoms with van der Waals surface area (Å²) in [6, 6.07) is 0. The van der Waals surface area contributed by atoms with Gasteiger partial charge < -0.3 is 5.11 Å². The number of hydrogen-bond acceptors (Lipinski definition) is 3. The van der Waals surface area contributed by atoms with E-state index in [0.717, 1.165) is 19.3 Å². The van der Waals surface area contributed by atoms with E-state index in [1.54, 1.807) is 0 Å². The number of aliphatic hydroxyl groups excluding tert-OH is 1. The number of rotatable bonds is 6. The molecule has 0 bridgehead atoms. The lowest BCUT2D eigenvalue weighted by Crippen LogP contribution is -2.18. The molecule has 0 rings (SSSR count). The van der Waals surface area contributed by atoms with Crippen molar-refractivity contribution in [1.29, 1.82) is 0 Å². The summed E-state index contributed by atoms with van der Waals surface area (Å²) in [5.41, 5.74) is 0. The van der Waals surface area contributed by atoms with E-state index in [1.165, 1.54) is 0 Å². The van der Waals surface area contributed by atoms with E-state index < -0.39 is 11.0 Å². The van der Waals surface area contributed by atoms with Crippen LogP contribution in [0.1, 0.15) is 32.6 Å². The summed E-state index contributed by atoms with van der Waals surface area (Å²) in [5.74, 6) is 0. The normalized spacial score (nSPS) is 12.9. The first-order valence-corrected chi connectivity index (χ1v) is 3.96. The van der Waals surface area contributed by atoms with Crippen LogP contribution >= 0.6 is 0 Å². The number of aliphatic hydroxyl groups is 1. The van der Waals surface area contributed by atoms with Gasteiger partial charge in [0.25, 0.3) is 0 Å². The van der Waals surface area contributed by atoms with Crippen LogP contribution < -0.4 is 0 Å². The highest BCUT2D eigenvalue weighted by molar-refractivity contribution is 4.52. The van der Waals surface area contributed by atoms with Crippen molar-refractivity contribution in [2.24, 2.45) is 0 Å². The van der Waals surface area contributed by atoms with E-state index in [2.05, 4.69) is 6.92 Å². The van der Waals surface area contributed by atoms with Gasteiger partial charge in [-0.25, -0.2) is 0 Å². The quantitative estimate of drug-likeness (QED) is 0.361. The van der Waals surface area contributed by atoms with E-state index in [-0.39, 0.29) is 6.54 Å². The van der Waals surface area contributed by atoms with Crippen LogP contribution in [-0.4, -0.2) is 22.7 Å². The Bertz CT molecular complexity index is 116. The Morgan fingerprint density at radius 1 is 1.55 bits per heavy atom. The largest absolute Gasteiger partial charge is 0.386 e. The summed E-state index contributed by atoms with van der Waals surface area (Å²) in [7, 11) is 0. The van der Waals surface area contributed by atoms with Gasteiger partial charge in [-0.2, -0.15) is 0 Å². The smallest absolute Gasteiger partial charge is 0.229 e. The van der Waals surface area contributed by atoms with Gasteiger partial charge in [-0.3, -0.25) is 10.1 Å². The Balaban J connectivity index is 3.22.